The van der Waals surface area contributed by atoms with Crippen LogP contribution in [-0.2, 0) is 46.9 Å². The Kier molecular flexibility index (Phi) is 6.05. The molecule has 1 aromatic heterocycles. The van der Waals surface area contributed by atoms with E-state index in [4.69, 9.17) is 9.47 Å². The largest absolute Gasteiger partial charge is 0.475 e. The number of nitrogens with zero attached hydrogens (tertiary/aromatic N) is 5. The third-order valence-corrected chi connectivity index (χ3v) is 9.44. The van der Waals surface area contributed by atoms with Crippen LogP contribution >= 0.6 is 0 Å². The summed E-state index contributed by atoms with van der Waals surface area (Å²) in [6.45, 7) is 2.45. The standard InChI is InChI=1S/C24H28FN7O4S/c1-35-15-10-31(11-15)14-9-32-23(36-12-14)20(8-27-32)37(34,28-13-26)30-24(33)29-22-18-6-2-4-16(18)21(25)17-5-3-7-19(17)22/h8,14-15H,2-7,9-12H2,1H3,(H2,28,29,30,33,34). The summed E-state index contributed by atoms with van der Waals surface area (Å²) >= 11 is 0. The van der Waals surface area contributed by atoms with Crippen molar-refractivity contribution in [2.45, 2.75) is 62.1 Å². The fourth-order valence-electron chi connectivity index (χ4n) is 5.86. The van der Waals surface area contributed by atoms with Crippen LogP contribution < -0.4 is 14.8 Å². The van der Waals surface area contributed by atoms with Gasteiger partial charge in [0.25, 0.3) is 0 Å². The SMILES string of the molecule is COC1CN(C2COc3c(S(=O)(=NC(=O)Nc4c5c(c(F)c6c4CCC6)CCC5)NC#N)cnn3C2)C1. The lowest BCUT2D eigenvalue weighted by molar-refractivity contribution is -0.0687. The normalized spacial score (nSPS) is 22.0. The molecule has 6 rings (SSSR count). The number of fused-ring (bicyclic) bond motifs is 3. The molecular weight excluding hydrogens is 501 g/mol. The minimum atomic E-state index is -3.73. The quantitative estimate of drug-likeness (QED) is 0.448. The van der Waals surface area contributed by atoms with E-state index in [1.54, 1.807) is 18.0 Å². The zero-order valence-electron chi connectivity index (χ0n) is 20.5. The maximum atomic E-state index is 15.0. The molecule has 0 saturated carbocycles. The molecule has 4 aliphatic rings. The lowest BCUT2D eigenvalue weighted by atomic mass is 9.98. The number of anilines is 1. The number of amides is 2. The smallest absolute Gasteiger partial charge is 0.355 e. The van der Waals surface area contributed by atoms with Crippen molar-refractivity contribution in [2.24, 2.45) is 4.36 Å². The summed E-state index contributed by atoms with van der Waals surface area (Å²) in [6, 6.07) is -0.795. The predicted molar refractivity (Wildman–Crippen MR) is 131 cm³/mol. The lowest BCUT2D eigenvalue weighted by Gasteiger charge is -2.44. The van der Waals surface area contributed by atoms with Crippen LogP contribution in [0.15, 0.2) is 15.5 Å². The molecule has 0 radical (unpaired) electrons. The molecule has 2 atom stereocenters. The molecule has 1 fully saturated rings. The Labute approximate surface area is 214 Å². The first-order valence-electron chi connectivity index (χ1n) is 12.5. The number of methoxy groups -OCH3 is 1. The number of rotatable bonds is 5. The summed E-state index contributed by atoms with van der Waals surface area (Å²) in [5, 5.41) is 16.4. The first-order valence-corrected chi connectivity index (χ1v) is 14.0. The summed E-state index contributed by atoms with van der Waals surface area (Å²) < 4.78 is 47.8. The molecule has 1 saturated heterocycles. The highest BCUT2D eigenvalue weighted by atomic mass is 32.2. The molecule has 1 aromatic carbocycles. The van der Waals surface area contributed by atoms with Crippen molar-refractivity contribution in [3.05, 3.63) is 34.3 Å². The Morgan fingerprint density at radius 2 is 1.89 bits per heavy atom. The highest BCUT2D eigenvalue weighted by Crippen LogP contribution is 2.41. The van der Waals surface area contributed by atoms with Gasteiger partial charge in [0.15, 0.2) is 21.0 Å². The van der Waals surface area contributed by atoms with Crippen LogP contribution in [0, 0.1) is 17.3 Å². The number of hydrogen-bond acceptors (Lipinski definition) is 7. The molecule has 0 spiro atoms. The first kappa shape index (κ1) is 24.1. The first-order chi connectivity index (χ1) is 17.9. The molecule has 2 aliphatic heterocycles. The number of urea groups is 1. The Morgan fingerprint density at radius 3 is 2.54 bits per heavy atom. The Hall–Kier alpha value is -3.21. The van der Waals surface area contributed by atoms with Crippen LogP contribution in [0.1, 0.15) is 35.1 Å². The molecule has 3 heterocycles. The van der Waals surface area contributed by atoms with Gasteiger partial charge in [-0.15, -0.1) is 4.36 Å². The summed E-state index contributed by atoms with van der Waals surface area (Å²) in [4.78, 5) is 15.4. The van der Waals surface area contributed by atoms with E-state index >= 15 is 0 Å². The fourth-order valence-corrected chi connectivity index (χ4v) is 7.11. The molecule has 37 heavy (non-hydrogen) atoms. The van der Waals surface area contributed by atoms with Gasteiger partial charge in [0.1, 0.15) is 12.4 Å². The Bertz CT molecular complexity index is 1400. The maximum absolute atomic E-state index is 15.0. The Morgan fingerprint density at radius 1 is 1.22 bits per heavy atom. The van der Waals surface area contributed by atoms with Gasteiger partial charge < -0.3 is 14.8 Å². The molecule has 13 heteroatoms. The average molecular weight is 530 g/mol. The van der Waals surface area contributed by atoms with Crippen molar-refractivity contribution in [3.63, 3.8) is 0 Å². The van der Waals surface area contributed by atoms with Gasteiger partial charge in [-0.05, 0) is 60.8 Å². The second-order valence-electron chi connectivity index (χ2n) is 9.84. The van der Waals surface area contributed by atoms with Crippen LogP contribution in [0.25, 0.3) is 0 Å². The van der Waals surface area contributed by atoms with E-state index in [0.717, 1.165) is 37.1 Å². The van der Waals surface area contributed by atoms with Gasteiger partial charge in [-0.2, -0.15) is 10.4 Å². The van der Waals surface area contributed by atoms with Gasteiger partial charge in [0.2, 0.25) is 5.88 Å². The van der Waals surface area contributed by atoms with Crippen LogP contribution in [0.5, 0.6) is 5.88 Å². The lowest BCUT2D eigenvalue weighted by Crippen LogP contribution is -2.59. The van der Waals surface area contributed by atoms with Crippen LogP contribution in [0.2, 0.25) is 0 Å². The third kappa shape index (κ3) is 4.03. The average Bonchev–Trinajstić information content (AvgIpc) is 3.60. The van der Waals surface area contributed by atoms with Crippen molar-refractivity contribution >= 4 is 21.6 Å². The van der Waals surface area contributed by atoms with E-state index in [0.29, 0.717) is 55.6 Å². The number of carbonyl (C=O) groups is 1. The van der Waals surface area contributed by atoms with E-state index in [9.17, 15) is 18.7 Å². The predicted octanol–water partition coefficient (Wildman–Crippen LogP) is 2.14. The van der Waals surface area contributed by atoms with Gasteiger partial charge in [-0.1, -0.05) is 0 Å². The van der Waals surface area contributed by atoms with Crippen molar-refractivity contribution in [3.8, 4) is 12.1 Å². The molecule has 2 unspecified atom stereocenters. The topological polar surface area (TPSA) is 134 Å². The monoisotopic (exact) mass is 529 g/mol. The number of nitrogens with one attached hydrogen (secondary N) is 2. The van der Waals surface area contributed by atoms with E-state index in [1.807, 2.05) is 0 Å². The zero-order chi connectivity index (χ0) is 25.7. The van der Waals surface area contributed by atoms with E-state index in [-0.39, 0.29) is 28.7 Å². The summed E-state index contributed by atoms with van der Waals surface area (Å²) in [6.07, 6.45) is 7.39. The van der Waals surface area contributed by atoms with Crippen molar-refractivity contribution < 1.29 is 22.9 Å². The minimum Gasteiger partial charge on any atom is -0.475 e. The van der Waals surface area contributed by atoms with E-state index < -0.39 is 15.9 Å². The third-order valence-electron chi connectivity index (χ3n) is 7.78. The molecule has 196 valence electrons. The molecule has 2 aliphatic carbocycles. The van der Waals surface area contributed by atoms with Gasteiger partial charge in [0, 0.05) is 25.9 Å². The molecular formula is C24H28FN7O4S. The number of aromatic nitrogens is 2. The summed E-state index contributed by atoms with van der Waals surface area (Å²) in [5.41, 5.74) is 3.47. The number of nitriles is 1. The highest BCUT2D eigenvalue weighted by Gasteiger charge is 2.37. The highest BCUT2D eigenvalue weighted by molar-refractivity contribution is 7.92. The van der Waals surface area contributed by atoms with Crippen molar-refractivity contribution in [2.75, 3.05) is 32.1 Å². The van der Waals surface area contributed by atoms with Crippen LogP contribution in [0.3, 0.4) is 0 Å². The van der Waals surface area contributed by atoms with E-state index in [1.165, 1.54) is 6.20 Å². The Balaban J connectivity index is 1.29. The molecule has 2 aromatic rings. The van der Waals surface area contributed by atoms with Crippen LogP contribution in [0.4, 0.5) is 14.9 Å². The van der Waals surface area contributed by atoms with Gasteiger partial charge in [-0.25, -0.2) is 22.8 Å². The number of halogens is 1. The van der Waals surface area contributed by atoms with Gasteiger partial charge >= 0.3 is 6.03 Å². The zero-order valence-corrected chi connectivity index (χ0v) is 21.3. The second-order valence-corrected chi connectivity index (χ2v) is 11.7. The number of hydrogen-bond donors (Lipinski definition) is 2. The van der Waals surface area contributed by atoms with Crippen molar-refractivity contribution in [1.29, 1.82) is 5.26 Å². The van der Waals surface area contributed by atoms with Crippen LogP contribution in [-0.4, -0.2) is 63.9 Å². The van der Waals surface area contributed by atoms with E-state index in [2.05, 4.69) is 24.4 Å². The number of benzene rings is 1. The maximum Gasteiger partial charge on any atom is 0.355 e. The second kappa shape index (κ2) is 9.27. The summed E-state index contributed by atoms with van der Waals surface area (Å²) in [5.74, 6) is 0.0655. The number of likely N-dealkylation sites (tertiary alicyclic amines) is 1. The number of ether oxygens (including phenoxy) is 2. The fraction of sp³-hybridized carbons (Fsp3) is 0.542. The van der Waals surface area contributed by atoms with Gasteiger partial charge in [0.05, 0.1) is 24.9 Å². The molecule has 11 nitrogen and oxygen atoms in total. The molecule has 0 bridgehead atoms. The minimum absolute atomic E-state index is 0.0376. The molecule has 2 N–H and O–H groups in total. The number of carbonyl (C=O) groups excluding carboxylic acids is 1. The summed E-state index contributed by atoms with van der Waals surface area (Å²) in [7, 11) is -2.04. The van der Waals surface area contributed by atoms with Gasteiger partial charge in [-0.3, -0.25) is 4.90 Å². The molecule has 2 amide bonds. The van der Waals surface area contributed by atoms with Crippen molar-refractivity contribution in [1.82, 2.24) is 19.4 Å².